The fraction of sp³-hybridized carbons (Fsp3) is 0.368. The molecule has 0 amide bonds. The molecule has 0 N–H and O–H groups in total. The number of methoxy groups -OCH3 is 1. The molecule has 0 aliphatic heterocycles. The molecular weight excluding hydrogens is 288 g/mol. The largest absolute Gasteiger partial charge is 0.497 e. The van der Waals surface area contributed by atoms with E-state index in [-0.39, 0.29) is 18.0 Å². The van der Waals surface area contributed by atoms with E-state index in [4.69, 9.17) is 10.00 Å². The van der Waals surface area contributed by atoms with E-state index in [0.29, 0.717) is 5.56 Å². The number of nitrogens with zero attached hydrogens (tertiary/aromatic N) is 2. The number of rotatable bonds is 4. The van der Waals surface area contributed by atoms with Gasteiger partial charge in [-0.15, -0.1) is 0 Å². The molecule has 118 valence electrons. The highest BCUT2D eigenvalue weighted by Gasteiger charge is 2.22. The summed E-state index contributed by atoms with van der Waals surface area (Å²) in [6.07, 6.45) is 4.52. The Morgan fingerprint density at radius 3 is 2.48 bits per heavy atom. The molecule has 1 saturated carbocycles. The second kappa shape index (κ2) is 6.70. The van der Waals surface area contributed by atoms with Crippen LogP contribution >= 0.6 is 0 Å². The van der Waals surface area contributed by atoms with Crippen molar-refractivity contribution in [3.8, 4) is 23.1 Å². The van der Waals surface area contributed by atoms with Crippen molar-refractivity contribution in [2.24, 2.45) is 0 Å². The van der Waals surface area contributed by atoms with Gasteiger partial charge < -0.3 is 9.30 Å². The second-order valence-corrected chi connectivity index (χ2v) is 5.92. The van der Waals surface area contributed by atoms with E-state index in [1.165, 1.54) is 0 Å². The van der Waals surface area contributed by atoms with Crippen LogP contribution in [0.3, 0.4) is 0 Å². The molecule has 1 aliphatic rings. The molecule has 0 atom stereocenters. The maximum Gasteiger partial charge on any atom is 0.255 e. The molecule has 1 aromatic heterocycles. The van der Waals surface area contributed by atoms with Crippen LogP contribution in [0.15, 0.2) is 41.2 Å². The van der Waals surface area contributed by atoms with Gasteiger partial charge in [-0.2, -0.15) is 5.26 Å². The Kier molecular flexibility index (Phi) is 4.47. The van der Waals surface area contributed by atoms with Crippen LogP contribution in [0, 0.1) is 11.3 Å². The van der Waals surface area contributed by atoms with Gasteiger partial charge in [0.15, 0.2) is 0 Å². The minimum absolute atomic E-state index is 0.0215. The van der Waals surface area contributed by atoms with Crippen molar-refractivity contribution in [3.63, 3.8) is 0 Å². The molecule has 4 nitrogen and oxygen atoms in total. The Morgan fingerprint density at radius 2 is 1.87 bits per heavy atom. The lowest BCUT2D eigenvalue weighted by atomic mass is 10.1. The summed E-state index contributed by atoms with van der Waals surface area (Å²) >= 11 is 0. The Morgan fingerprint density at radius 1 is 1.17 bits per heavy atom. The molecule has 1 fully saturated rings. The molecule has 1 aromatic carbocycles. The quantitative estimate of drug-likeness (QED) is 0.865. The van der Waals surface area contributed by atoms with Gasteiger partial charge in [-0.3, -0.25) is 4.79 Å². The molecule has 23 heavy (non-hydrogen) atoms. The summed E-state index contributed by atoms with van der Waals surface area (Å²) < 4.78 is 7.11. The van der Waals surface area contributed by atoms with Crippen LogP contribution < -0.4 is 10.3 Å². The van der Waals surface area contributed by atoms with Gasteiger partial charge >= 0.3 is 0 Å². The average molecular weight is 308 g/mol. The molecule has 3 rings (SSSR count). The molecule has 0 saturated heterocycles. The zero-order valence-corrected chi connectivity index (χ0v) is 13.3. The molecule has 2 aromatic rings. The summed E-state index contributed by atoms with van der Waals surface area (Å²) in [5, 5.41) is 8.93. The minimum atomic E-state index is -0.0215. The molecule has 4 heteroatoms. The number of nitriles is 1. The van der Waals surface area contributed by atoms with E-state index in [2.05, 4.69) is 6.07 Å². The van der Waals surface area contributed by atoms with Crippen molar-refractivity contribution < 1.29 is 4.74 Å². The number of ether oxygens (including phenoxy) is 1. The molecular formula is C19H20N2O2. The third kappa shape index (κ3) is 3.00. The first-order valence-corrected chi connectivity index (χ1v) is 8.00. The van der Waals surface area contributed by atoms with Crippen molar-refractivity contribution in [2.75, 3.05) is 7.11 Å². The highest BCUT2D eigenvalue weighted by atomic mass is 16.5. The summed E-state index contributed by atoms with van der Waals surface area (Å²) in [7, 11) is 1.64. The highest BCUT2D eigenvalue weighted by molar-refractivity contribution is 5.61. The van der Waals surface area contributed by atoms with E-state index in [1.807, 2.05) is 34.9 Å². The van der Waals surface area contributed by atoms with E-state index in [9.17, 15) is 4.79 Å². The Bertz CT molecular complexity index is 778. The van der Waals surface area contributed by atoms with Gasteiger partial charge in [-0.25, -0.2) is 0 Å². The van der Waals surface area contributed by atoms with Crippen molar-refractivity contribution in [1.29, 1.82) is 5.26 Å². The van der Waals surface area contributed by atoms with Gasteiger partial charge in [0.05, 0.1) is 25.3 Å². The molecule has 0 bridgehead atoms. The van der Waals surface area contributed by atoms with Crippen LogP contribution in [0.25, 0.3) is 11.3 Å². The normalized spacial score (nSPS) is 14.6. The smallest absolute Gasteiger partial charge is 0.255 e. The first-order valence-electron chi connectivity index (χ1n) is 8.00. The predicted octanol–water partition coefficient (Wildman–Crippen LogP) is 3.71. The number of pyridine rings is 1. The third-order valence-electron chi connectivity index (χ3n) is 4.54. The van der Waals surface area contributed by atoms with Crippen molar-refractivity contribution in [2.45, 2.75) is 38.1 Å². The third-order valence-corrected chi connectivity index (χ3v) is 4.54. The minimum Gasteiger partial charge on any atom is -0.497 e. The molecule has 0 unspecified atom stereocenters. The Balaban J connectivity index is 2.13. The Labute approximate surface area is 135 Å². The molecule has 0 radical (unpaired) electrons. The fourth-order valence-electron chi connectivity index (χ4n) is 3.34. The second-order valence-electron chi connectivity index (χ2n) is 5.92. The van der Waals surface area contributed by atoms with Gasteiger partial charge in [-0.05, 0) is 48.7 Å². The summed E-state index contributed by atoms with van der Waals surface area (Å²) in [6.45, 7) is 0. The van der Waals surface area contributed by atoms with Gasteiger partial charge in [0, 0.05) is 11.6 Å². The van der Waals surface area contributed by atoms with Crippen LogP contribution in [0.1, 0.15) is 37.3 Å². The van der Waals surface area contributed by atoms with Crippen LogP contribution in [-0.4, -0.2) is 11.7 Å². The van der Waals surface area contributed by atoms with Crippen molar-refractivity contribution >= 4 is 0 Å². The van der Waals surface area contributed by atoms with Crippen LogP contribution in [0.4, 0.5) is 0 Å². The van der Waals surface area contributed by atoms with E-state index in [0.717, 1.165) is 42.7 Å². The van der Waals surface area contributed by atoms with Gasteiger partial charge in [-0.1, -0.05) is 18.9 Å². The van der Waals surface area contributed by atoms with Crippen molar-refractivity contribution in [3.05, 3.63) is 52.3 Å². The number of aromatic nitrogens is 1. The van der Waals surface area contributed by atoms with E-state index < -0.39 is 0 Å². The average Bonchev–Trinajstić information content (AvgIpc) is 3.11. The van der Waals surface area contributed by atoms with Crippen LogP contribution in [0.2, 0.25) is 0 Å². The highest BCUT2D eigenvalue weighted by Crippen LogP contribution is 2.32. The van der Waals surface area contributed by atoms with Gasteiger partial charge in [0.25, 0.3) is 5.56 Å². The predicted molar refractivity (Wildman–Crippen MR) is 89.5 cm³/mol. The zero-order valence-electron chi connectivity index (χ0n) is 13.3. The molecule has 1 heterocycles. The topological polar surface area (TPSA) is 55.0 Å². The standard InChI is InChI=1S/C19H20N2O2/c1-23-17-9-6-14(7-10-17)18-11-8-15(12-13-20)19(22)21(18)16-4-2-3-5-16/h6-11,16H,2-5,12H2,1H3. The number of hydrogen-bond donors (Lipinski definition) is 0. The Hall–Kier alpha value is -2.54. The lowest BCUT2D eigenvalue weighted by molar-refractivity contribution is 0.415. The fourth-order valence-corrected chi connectivity index (χ4v) is 3.34. The SMILES string of the molecule is COc1ccc(-c2ccc(CC#N)c(=O)n2C2CCCC2)cc1. The summed E-state index contributed by atoms with van der Waals surface area (Å²) in [6, 6.07) is 13.8. The number of hydrogen-bond acceptors (Lipinski definition) is 3. The van der Waals surface area contributed by atoms with Crippen LogP contribution in [-0.2, 0) is 6.42 Å². The summed E-state index contributed by atoms with van der Waals surface area (Å²) in [5.74, 6) is 0.796. The van der Waals surface area contributed by atoms with Crippen molar-refractivity contribution in [1.82, 2.24) is 4.57 Å². The van der Waals surface area contributed by atoms with E-state index in [1.54, 1.807) is 13.2 Å². The molecule has 1 aliphatic carbocycles. The first kappa shape index (κ1) is 15.4. The monoisotopic (exact) mass is 308 g/mol. The summed E-state index contributed by atoms with van der Waals surface area (Å²) in [4.78, 5) is 12.9. The first-order chi connectivity index (χ1) is 11.2. The zero-order chi connectivity index (χ0) is 16.2. The lowest BCUT2D eigenvalue weighted by Crippen LogP contribution is -2.27. The van der Waals surface area contributed by atoms with Gasteiger partial charge in [0.1, 0.15) is 5.75 Å². The lowest BCUT2D eigenvalue weighted by Gasteiger charge is -2.20. The maximum absolute atomic E-state index is 12.9. The molecule has 0 spiro atoms. The number of benzene rings is 1. The maximum atomic E-state index is 12.9. The van der Waals surface area contributed by atoms with E-state index >= 15 is 0 Å². The summed E-state index contributed by atoms with van der Waals surface area (Å²) in [5.41, 5.74) is 2.48. The van der Waals surface area contributed by atoms with Gasteiger partial charge in [0.2, 0.25) is 0 Å². The van der Waals surface area contributed by atoms with Crippen LogP contribution in [0.5, 0.6) is 5.75 Å².